The third kappa shape index (κ3) is 6.28. The molecule has 4 aromatic rings. The van der Waals surface area contributed by atoms with Gasteiger partial charge in [0.05, 0.1) is 18.9 Å². The van der Waals surface area contributed by atoms with Crippen LogP contribution in [0.3, 0.4) is 0 Å². The molecule has 2 heterocycles. The second kappa shape index (κ2) is 11.0. The van der Waals surface area contributed by atoms with E-state index in [1.165, 1.54) is 13.5 Å². The van der Waals surface area contributed by atoms with Crippen LogP contribution in [0.4, 0.5) is 11.4 Å². The van der Waals surface area contributed by atoms with Crippen LogP contribution in [0, 0.1) is 0 Å². The van der Waals surface area contributed by atoms with Crippen molar-refractivity contribution in [3.63, 3.8) is 0 Å². The van der Waals surface area contributed by atoms with Gasteiger partial charge in [0.15, 0.2) is 12.2 Å². The zero-order valence-corrected chi connectivity index (χ0v) is 21.6. The van der Waals surface area contributed by atoms with Gasteiger partial charge in [-0.25, -0.2) is 4.98 Å². The largest absolute Gasteiger partial charge is 0.496 e. The molecule has 0 saturated heterocycles. The van der Waals surface area contributed by atoms with Crippen LogP contribution in [-0.2, 0) is 23.1 Å². The summed E-state index contributed by atoms with van der Waals surface area (Å²) in [6.07, 6.45) is 5.15. The number of benzene rings is 2. The summed E-state index contributed by atoms with van der Waals surface area (Å²) < 4.78 is 12.4. The highest BCUT2D eigenvalue weighted by Crippen LogP contribution is 2.32. The second-order valence-corrected chi connectivity index (χ2v) is 9.41. The van der Waals surface area contributed by atoms with Crippen LogP contribution >= 0.6 is 0 Å². The highest BCUT2D eigenvalue weighted by atomic mass is 16.5. The van der Waals surface area contributed by atoms with Gasteiger partial charge in [-0.1, -0.05) is 12.1 Å². The first-order valence-electron chi connectivity index (χ1n) is 11.9. The lowest BCUT2D eigenvalue weighted by molar-refractivity contribution is -0.137. The van der Waals surface area contributed by atoms with Crippen LogP contribution < -0.4 is 20.7 Å². The summed E-state index contributed by atoms with van der Waals surface area (Å²) in [4.78, 5) is 41.5. The molecular formula is C28H29N5O5. The van der Waals surface area contributed by atoms with Crippen molar-refractivity contribution in [3.8, 4) is 17.1 Å². The van der Waals surface area contributed by atoms with Gasteiger partial charge in [-0.05, 0) is 62.2 Å². The van der Waals surface area contributed by atoms with Gasteiger partial charge in [-0.2, -0.15) is 0 Å². The number of anilines is 2. The summed E-state index contributed by atoms with van der Waals surface area (Å²) in [7, 11) is 3.31. The molecule has 3 amide bonds. The number of ether oxygens (including phenoxy) is 1. The predicted molar refractivity (Wildman–Crippen MR) is 143 cm³/mol. The Morgan fingerprint density at radius 3 is 2.37 bits per heavy atom. The molecule has 0 bridgehead atoms. The second-order valence-electron chi connectivity index (χ2n) is 9.41. The van der Waals surface area contributed by atoms with Gasteiger partial charge >= 0.3 is 11.8 Å². The van der Waals surface area contributed by atoms with Gasteiger partial charge in [0.25, 0.3) is 5.91 Å². The lowest BCUT2D eigenvalue weighted by atomic mass is 9.94. The summed E-state index contributed by atoms with van der Waals surface area (Å²) in [6.45, 7) is 3.66. The van der Waals surface area contributed by atoms with Crippen molar-refractivity contribution in [2.45, 2.75) is 25.8 Å². The molecule has 38 heavy (non-hydrogen) atoms. The van der Waals surface area contributed by atoms with E-state index >= 15 is 0 Å². The zero-order valence-electron chi connectivity index (χ0n) is 21.6. The number of aryl methyl sites for hydroxylation is 1. The molecule has 10 heteroatoms. The number of carbonyl (C=O) groups excluding carboxylic acids is 3. The Labute approximate surface area is 220 Å². The molecule has 0 spiro atoms. The van der Waals surface area contributed by atoms with Crippen LogP contribution in [0.5, 0.6) is 5.75 Å². The molecule has 3 N–H and O–H groups in total. The van der Waals surface area contributed by atoms with Gasteiger partial charge in [0.2, 0.25) is 0 Å². The summed E-state index contributed by atoms with van der Waals surface area (Å²) in [5.41, 5.74) is 2.50. The SMILES string of the molecule is COc1cc(NC(=O)C(=O)NC(C)(C)Cc2ccc(NC(=O)c3cccn3C)cc2)ccc1-c1cnco1. The number of nitrogens with zero attached hydrogens (tertiary/aromatic N) is 2. The Hall–Kier alpha value is -4.86. The molecule has 2 aromatic carbocycles. The van der Waals surface area contributed by atoms with Gasteiger partial charge in [-0.3, -0.25) is 14.4 Å². The first-order valence-corrected chi connectivity index (χ1v) is 11.9. The van der Waals surface area contributed by atoms with E-state index in [0.29, 0.717) is 40.6 Å². The molecule has 4 rings (SSSR count). The molecule has 0 unspecified atom stereocenters. The lowest BCUT2D eigenvalue weighted by Crippen LogP contribution is -2.49. The number of oxazole rings is 1. The van der Waals surface area contributed by atoms with Crippen LogP contribution in [0.15, 0.2) is 77.8 Å². The minimum absolute atomic E-state index is 0.200. The van der Waals surface area contributed by atoms with Crippen molar-refractivity contribution in [1.82, 2.24) is 14.9 Å². The third-order valence-corrected chi connectivity index (χ3v) is 5.85. The van der Waals surface area contributed by atoms with Gasteiger partial charge in [0.1, 0.15) is 11.4 Å². The number of hydrogen-bond acceptors (Lipinski definition) is 6. The highest BCUT2D eigenvalue weighted by molar-refractivity contribution is 6.39. The van der Waals surface area contributed by atoms with E-state index in [1.54, 1.807) is 47.2 Å². The Bertz CT molecular complexity index is 1440. The number of carbonyl (C=O) groups is 3. The molecule has 0 aliphatic heterocycles. The number of methoxy groups -OCH3 is 1. The van der Waals surface area contributed by atoms with E-state index in [4.69, 9.17) is 9.15 Å². The van der Waals surface area contributed by atoms with Crippen molar-refractivity contribution in [3.05, 3.63) is 84.6 Å². The van der Waals surface area contributed by atoms with Gasteiger partial charge in [-0.15, -0.1) is 0 Å². The average molecular weight is 516 g/mol. The van der Waals surface area contributed by atoms with E-state index in [-0.39, 0.29) is 5.91 Å². The lowest BCUT2D eigenvalue weighted by Gasteiger charge is -2.26. The van der Waals surface area contributed by atoms with E-state index in [9.17, 15) is 14.4 Å². The fourth-order valence-electron chi connectivity index (χ4n) is 4.03. The van der Waals surface area contributed by atoms with Crippen LogP contribution in [0.25, 0.3) is 11.3 Å². The van der Waals surface area contributed by atoms with Crippen LogP contribution in [-0.4, -0.2) is 39.9 Å². The maximum Gasteiger partial charge on any atom is 0.313 e. The maximum absolute atomic E-state index is 12.6. The zero-order chi connectivity index (χ0) is 27.3. The quantitative estimate of drug-likeness (QED) is 0.304. The predicted octanol–water partition coefficient (Wildman–Crippen LogP) is 4.02. The fraction of sp³-hybridized carbons (Fsp3) is 0.214. The minimum atomic E-state index is -0.800. The van der Waals surface area contributed by atoms with Gasteiger partial charge < -0.3 is 29.7 Å². The molecule has 2 aromatic heterocycles. The number of amides is 3. The molecule has 0 atom stereocenters. The van der Waals surface area contributed by atoms with E-state index in [1.807, 2.05) is 45.3 Å². The third-order valence-electron chi connectivity index (χ3n) is 5.85. The van der Waals surface area contributed by atoms with Gasteiger partial charge in [0, 0.05) is 36.2 Å². The summed E-state index contributed by atoms with van der Waals surface area (Å²) in [5, 5.41) is 8.24. The molecule has 0 aliphatic rings. The summed E-state index contributed by atoms with van der Waals surface area (Å²) in [6, 6.07) is 15.9. The van der Waals surface area contributed by atoms with Crippen molar-refractivity contribution in [2.24, 2.45) is 7.05 Å². The average Bonchev–Trinajstić information content (AvgIpc) is 3.56. The Morgan fingerprint density at radius 1 is 1.00 bits per heavy atom. The molecule has 0 aliphatic carbocycles. The highest BCUT2D eigenvalue weighted by Gasteiger charge is 2.25. The molecule has 0 saturated carbocycles. The van der Waals surface area contributed by atoms with Crippen molar-refractivity contribution >= 4 is 29.1 Å². The molecule has 196 valence electrons. The van der Waals surface area contributed by atoms with E-state index in [2.05, 4.69) is 20.9 Å². The fourth-order valence-corrected chi connectivity index (χ4v) is 4.03. The number of nitrogens with one attached hydrogen (secondary N) is 3. The Kier molecular flexibility index (Phi) is 7.61. The Balaban J connectivity index is 1.33. The first kappa shape index (κ1) is 26.2. The smallest absolute Gasteiger partial charge is 0.313 e. The molecular weight excluding hydrogens is 486 g/mol. The monoisotopic (exact) mass is 515 g/mol. The normalized spacial score (nSPS) is 11.1. The number of hydrogen-bond donors (Lipinski definition) is 3. The summed E-state index contributed by atoms with van der Waals surface area (Å²) in [5.74, 6) is -0.783. The van der Waals surface area contributed by atoms with E-state index < -0.39 is 17.4 Å². The van der Waals surface area contributed by atoms with Crippen molar-refractivity contribution in [2.75, 3.05) is 17.7 Å². The van der Waals surface area contributed by atoms with Crippen LogP contribution in [0.2, 0.25) is 0 Å². The standard InChI is InChI=1S/C28H29N5O5/c1-28(2,15-18-7-9-19(10-8-18)30-25(34)22-6-5-13-33(22)3)32-27(36)26(35)31-20-11-12-21(23(14-20)37-4)24-16-29-17-38-24/h5-14,16-17H,15H2,1-4H3,(H,30,34)(H,31,35)(H,32,36). The number of rotatable bonds is 8. The minimum Gasteiger partial charge on any atom is -0.496 e. The Morgan fingerprint density at radius 2 is 1.74 bits per heavy atom. The molecule has 10 nitrogen and oxygen atoms in total. The van der Waals surface area contributed by atoms with Crippen LogP contribution in [0.1, 0.15) is 29.9 Å². The van der Waals surface area contributed by atoms with Crippen molar-refractivity contribution < 1.29 is 23.5 Å². The van der Waals surface area contributed by atoms with E-state index in [0.717, 1.165) is 5.56 Å². The summed E-state index contributed by atoms with van der Waals surface area (Å²) >= 11 is 0. The topological polar surface area (TPSA) is 127 Å². The number of aromatic nitrogens is 2. The molecule has 0 radical (unpaired) electrons. The first-order chi connectivity index (χ1) is 18.1. The van der Waals surface area contributed by atoms with Crippen molar-refractivity contribution in [1.29, 1.82) is 0 Å². The maximum atomic E-state index is 12.6. The molecule has 0 fully saturated rings.